The fraction of sp³-hybridized carbons (Fsp3) is 0.571. The number of nitrogens with one attached hydrogen (secondary N) is 1. The number of amides is 1. The Morgan fingerprint density at radius 2 is 1.82 bits per heavy atom. The van der Waals surface area contributed by atoms with Crippen LogP contribution in [-0.2, 0) is 16.0 Å². The van der Waals surface area contributed by atoms with Crippen molar-refractivity contribution in [1.29, 1.82) is 0 Å². The highest BCUT2D eigenvalue weighted by molar-refractivity contribution is 6.09. The third-order valence-electron chi connectivity index (χ3n) is 8.30. The van der Waals surface area contributed by atoms with Crippen molar-refractivity contribution in [3.8, 4) is 0 Å². The van der Waals surface area contributed by atoms with E-state index in [2.05, 4.69) is 12.2 Å². The fourth-order valence-electron chi connectivity index (χ4n) is 6.59. The molecule has 2 aliphatic carbocycles. The molecule has 3 N–H and O–H groups in total. The van der Waals surface area contributed by atoms with Gasteiger partial charge in [-0.3, -0.25) is 9.59 Å². The van der Waals surface area contributed by atoms with E-state index in [1.54, 1.807) is 6.92 Å². The molecule has 1 aromatic carbocycles. The molecule has 5 heteroatoms. The standard InChI is InChI=1S/C28H37NO4/c1-17-9-8-12-21-25(31)19(3)18(2)24-22(15-20-10-6-5-7-11-20)29-26(32)28(21,24)23(30)13-14-27(4,33)16-17/h5-8,10-12,17,21-22,24-25,31,33H,9,13-16H2,1-4H3,(H,29,32). The Kier molecular flexibility index (Phi) is 6.41. The summed E-state index contributed by atoms with van der Waals surface area (Å²) in [7, 11) is 0. The van der Waals surface area contributed by atoms with Crippen molar-refractivity contribution < 1.29 is 19.8 Å². The van der Waals surface area contributed by atoms with E-state index in [1.807, 2.05) is 56.3 Å². The molecular weight excluding hydrogens is 414 g/mol. The third-order valence-corrected chi connectivity index (χ3v) is 8.30. The second kappa shape index (κ2) is 8.84. The first kappa shape index (κ1) is 23.9. The summed E-state index contributed by atoms with van der Waals surface area (Å²) >= 11 is 0. The molecule has 1 saturated heterocycles. The van der Waals surface area contributed by atoms with Crippen LogP contribution in [0.5, 0.6) is 0 Å². The molecule has 0 saturated carbocycles. The van der Waals surface area contributed by atoms with Crippen LogP contribution in [0.25, 0.3) is 0 Å². The van der Waals surface area contributed by atoms with Gasteiger partial charge in [-0.25, -0.2) is 0 Å². The lowest BCUT2D eigenvalue weighted by molar-refractivity contribution is -0.148. The molecule has 1 spiro atoms. The molecule has 1 aromatic rings. The molecule has 1 amide bonds. The lowest BCUT2D eigenvalue weighted by Gasteiger charge is -2.46. The maximum Gasteiger partial charge on any atom is 0.235 e. The maximum absolute atomic E-state index is 14.0. The van der Waals surface area contributed by atoms with Crippen LogP contribution < -0.4 is 5.32 Å². The second-order valence-electron chi connectivity index (χ2n) is 10.8. The van der Waals surface area contributed by atoms with E-state index < -0.39 is 23.0 Å². The zero-order valence-electron chi connectivity index (χ0n) is 20.2. The van der Waals surface area contributed by atoms with Crippen LogP contribution in [0.15, 0.2) is 53.6 Å². The van der Waals surface area contributed by atoms with Gasteiger partial charge in [-0.1, -0.05) is 55.0 Å². The van der Waals surface area contributed by atoms with E-state index in [0.29, 0.717) is 19.3 Å². The number of benzene rings is 1. The average molecular weight is 452 g/mol. The van der Waals surface area contributed by atoms with Crippen LogP contribution in [-0.4, -0.2) is 39.7 Å². The first-order valence-electron chi connectivity index (χ1n) is 12.2. The molecule has 5 nitrogen and oxygen atoms in total. The highest BCUT2D eigenvalue weighted by atomic mass is 16.3. The number of carbonyl (C=O) groups is 2. The number of rotatable bonds is 2. The Labute approximate surface area is 197 Å². The van der Waals surface area contributed by atoms with Gasteiger partial charge in [-0.2, -0.15) is 0 Å². The summed E-state index contributed by atoms with van der Waals surface area (Å²) in [5.74, 6) is -1.17. The number of aliphatic hydroxyl groups is 2. The van der Waals surface area contributed by atoms with Crippen molar-refractivity contribution in [2.24, 2.45) is 23.2 Å². The minimum absolute atomic E-state index is 0.116. The minimum Gasteiger partial charge on any atom is -0.390 e. The molecule has 1 fully saturated rings. The van der Waals surface area contributed by atoms with Gasteiger partial charge < -0.3 is 15.5 Å². The molecule has 7 unspecified atom stereocenters. The van der Waals surface area contributed by atoms with Crippen molar-refractivity contribution in [2.45, 2.75) is 77.5 Å². The van der Waals surface area contributed by atoms with Crippen molar-refractivity contribution in [3.63, 3.8) is 0 Å². The predicted molar refractivity (Wildman–Crippen MR) is 128 cm³/mol. The van der Waals surface area contributed by atoms with Crippen LogP contribution in [0.3, 0.4) is 0 Å². The van der Waals surface area contributed by atoms with Crippen LogP contribution in [0.1, 0.15) is 58.9 Å². The van der Waals surface area contributed by atoms with Gasteiger partial charge >= 0.3 is 0 Å². The molecule has 4 rings (SSSR count). The minimum atomic E-state index is -1.36. The fourth-order valence-corrected chi connectivity index (χ4v) is 6.59. The second-order valence-corrected chi connectivity index (χ2v) is 10.8. The summed E-state index contributed by atoms with van der Waals surface area (Å²) < 4.78 is 0. The number of ketones is 1. The Balaban J connectivity index is 1.84. The molecule has 0 bridgehead atoms. The van der Waals surface area contributed by atoms with Crippen LogP contribution in [0.4, 0.5) is 0 Å². The zero-order chi connectivity index (χ0) is 24.0. The van der Waals surface area contributed by atoms with Crippen molar-refractivity contribution >= 4 is 11.7 Å². The molecular formula is C28H37NO4. The van der Waals surface area contributed by atoms with E-state index in [4.69, 9.17) is 0 Å². The van der Waals surface area contributed by atoms with E-state index in [0.717, 1.165) is 23.1 Å². The summed E-state index contributed by atoms with van der Waals surface area (Å²) in [4.78, 5) is 27.8. The van der Waals surface area contributed by atoms with Crippen molar-refractivity contribution in [2.75, 3.05) is 0 Å². The number of Topliss-reactive ketones (excluding diaryl/α,β-unsaturated/α-hetero) is 1. The third kappa shape index (κ3) is 4.10. The highest BCUT2D eigenvalue weighted by Gasteiger charge is 2.66. The molecule has 1 heterocycles. The van der Waals surface area contributed by atoms with Gasteiger partial charge in [-0.15, -0.1) is 0 Å². The summed E-state index contributed by atoms with van der Waals surface area (Å²) in [6, 6.07) is 9.77. The van der Waals surface area contributed by atoms with E-state index in [1.165, 1.54) is 0 Å². The Hall–Kier alpha value is -2.24. The Morgan fingerprint density at radius 3 is 2.52 bits per heavy atom. The summed E-state index contributed by atoms with van der Waals surface area (Å²) in [6.07, 6.45) is 5.39. The molecule has 0 radical (unpaired) electrons. The van der Waals surface area contributed by atoms with Gasteiger partial charge in [0.2, 0.25) is 5.91 Å². The lowest BCUT2D eigenvalue weighted by atomic mass is 9.54. The summed E-state index contributed by atoms with van der Waals surface area (Å²) in [5, 5.41) is 25.4. The number of hydrogen-bond donors (Lipinski definition) is 3. The van der Waals surface area contributed by atoms with E-state index in [9.17, 15) is 19.8 Å². The molecule has 178 valence electrons. The maximum atomic E-state index is 14.0. The Bertz CT molecular complexity index is 979. The van der Waals surface area contributed by atoms with Gasteiger partial charge in [-0.05, 0) is 63.5 Å². The van der Waals surface area contributed by atoms with Gasteiger partial charge in [0.05, 0.1) is 11.7 Å². The van der Waals surface area contributed by atoms with E-state index in [-0.39, 0.29) is 36.0 Å². The zero-order valence-corrected chi connectivity index (χ0v) is 20.2. The molecule has 1 aliphatic heterocycles. The van der Waals surface area contributed by atoms with Gasteiger partial charge in [0.15, 0.2) is 0 Å². The summed E-state index contributed by atoms with van der Waals surface area (Å²) in [6.45, 7) is 7.74. The van der Waals surface area contributed by atoms with Gasteiger partial charge in [0.1, 0.15) is 11.2 Å². The van der Waals surface area contributed by atoms with Crippen LogP contribution in [0.2, 0.25) is 0 Å². The van der Waals surface area contributed by atoms with Crippen LogP contribution >= 0.6 is 0 Å². The first-order chi connectivity index (χ1) is 15.6. The highest BCUT2D eigenvalue weighted by Crippen LogP contribution is 2.55. The number of aliphatic hydroxyl groups excluding tert-OH is 1. The molecule has 7 atom stereocenters. The lowest BCUT2D eigenvalue weighted by Crippen LogP contribution is -2.55. The number of carbonyl (C=O) groups excluding carboxylic acids is 2. The molecule has 33 heavy (non-hydrogen) atoms. The SMILES string of the molecule is CC1=C(C)C2C(Cc3ccccc3)NC(=O)C23C(=O)CCC(C)(O)CC(C)CC=CC3C1O. The average Bonchev–Trinajstić information content (AvgIpc) is 3.04. The van der Waals surface area contributed by atoms with Gasteiger partial charge in [0.25, 0.3) is 0 Å². The predicted octanol–water partition coefficient (Wildman–Crippen LogP) is 3.74. The normalized spacial score (nSPS) is 39.5. The molecule has 3 aliphatic rings. The smallest absolute Gasteiger partial charge is 0.235 e. The molecule has 0 aromatic heterocycles. The van der Waals surface area contributed by atoms with Crippen molar-refractivity contribution in [3.05, 3.63) is 59.2 Å². The largest absolute Gasteiger partial charge is 0.390 e. The Morgan fingerprint density at radius 1 is 1.12 bits per heavy atom. The van der Waals surface area contributed by atoms with Gasteiger partial charge in [0, 0.05) is 24.3 Å². The monoisotopic (exact) mass is 451 g/mol. The number of hydrogen-bond acceptors (Lipinski definition) is 4. The number of allylic oxidation sites excluding steroid dienone is 1. The van der Waals surface area contributed by atoms with E-state index >= 15 is 0 Å². The van der Waals surface area contributed by atoms with Crippen molar-refractivity contribution in [1.82, 2.24) is 5.32 Å². The summed E-state index contributed by atoms with van der Waals surface area (Å²) in [5.41, 5.74) is 0.547. The first-order valence-corrected chi connectivity index (χ1v) is 12.2. The quantitative estimate of drug-likeness (QED) is 0.472. The van der Waals surface area contributed by atoms with Crippen LogP contribution in [0, 0.1) is 23.2 Å². The topological polar surface area (TPSA) is 86.6 Å².